The lowest BCUT2D eigenvalue weighted by Gasteiger charge is -2.32. The Bertz CT molecular complexity index is 1430. The normalized spacial score (nSPS) is 17.0. The van der Waals surface area contributed by atoms with Crippen LogP contribution in [-0.2, 0) is 41.0 Å². The van der Waals surface area contributed by atoms with Gasteiger partial charge in [0.1, 0.15) is 37.7 Å². The fourth-order valence-electron chi connectivity index (χ4n) is 5.94. The Hall–Kier alpha value is -3.35. The lowest BCUT2D eigenvalue weighted by Crippen LogP contribution is -2.55. The summed E-state index contributed by atoms with van der Waals surface area (Å²) in [6, 6.07) is 11.7. The van der Waals surface area contributed by atoms with E-state index >= 15 is 0 Å². The molecule has 2 aromatic carbocycles. The second-order valence-electron chi connectivity index (χ2n) is 12.0. The first-order valence-electron chi connectivity index (χ1n) is 16.8. The van der Waals surface area contributed by atoms with Gasteiger partial charge in [0.2, 0.25) is 5.91 Å². The predicted molar refractivity (Wildman–Crippen MR) is 182 cm³/mol. The third kappa shape index (κ3) is 11.6. The van der Waals surface area contributed by atoms with Crippen LogP contribution in [-0.4, -0.2) is 79.0 Å². The molecule has 3 atom stereocenters. The SMILES string of the molecule is CCOP(=O)(OCC)C(O)[C@H](COC(=O)N1CCOc2ccccc2C1)NC(=O)[C@H](CC1CCCCC1)NC(=O)OCc1cccc(Cl)c1. The van der Waals surface area contributed by atoms with Crippen LogP contribution in [0.5, 0.6) is 5.75 Å². The molecule has 270 valence electrons. The van der Waals surface area contributed by atoms with Gasteiger partial charge in [-0.2, -0.15) is 0 Å². The van der Waals surface area contributed by atoms with Gasteiger partial charge in [0.15, 0.2) is 5.85 Å². The largest absolute Gasteiger partial charge is 0.491 e. The van der Waals surface area contributed by atoms with E-state index in [1.165, 1.54) is 4.90 Å². The Morgan fingerprint density at radius 3 is 2.47 bits per heavy atom. The molecular formula is C34H47ClN3O10P. The van der Waals surface area contributed by atoms with Crippen molar-refractivity contribution < 1.29 is 47.3 Å². The topological polar surface area (TPSA) is 162 Å². The summed E-state index contributed by atoms with van der Waals surface area (Å²) in [5.41, 5.74) is 1.46. The number of hydrogen-bond acceptors (Lipinski definition) is 10. The van der Waals surface area contributed by atoms with Gasteiger partial charge in [0.05, 0.1) is 26.3 Å². The Balaban J connectivity index is 1.50. The van der Waals surface area contributed by atoms with Crippen molar-refractivity contribution in [2.75, 3.05) is 33.0 Å². The molecular weight excluding hydrogens is 677 g/mol. The third-order valence-electron chi connectivity index (χ3n) is 8.39. The van der Waals surface area contributed by atoms with E-state index in [-0.39, 0.29) is 45.4 Å². The van der Waals surface area contributed by atoms with Crippen molar-refractivity contribution >= 4 is 37.3 Å². The molecule has 1 aliphatic heterocycles. The van der Waals surface area contributed by atoms with Crippen molar-refractivity contribution in [3.63, 3.8) is 0 Å². The molecule has 0 aromatic heterocycles. The standard InChI is InChI=1S/C34H47ClN3O10P/c1-3-47-49(43,48-4-2)32(40)29(23-46-34(42)38-17-18-44-30-16-9-8-14-26(30)21-38)36-31(39)28(20-24-11-6-5-7-12-24)37-33(41)45-22-25-13-10-15-27(35)19-25/h8-10,13-16,19,24,28-29,32,40H,3-7,11-12,17-18,20-23H2,1-2H3,(H,36,39)(H,37,41)/t28-,29-,32?/m0/s1. The number of halogens is 1. The van der Waals surface area contributed by atoms with E-state index in [0.717, 1.165) is 37.7 Å². The Morgan fingerprint density at radius 1 is 1.02 bits per heavy atom. The van der Waals surface area contributed by atoms with Crippen molar-refractivity contribution in [3.8, 4) is 5.75 Å². The smallest absolute Gasteiger partial charge is 0.410 e. The van der Waals surface area contributed by atoms with Gasteiger partial charge in [-0.3, -0.25) is 9.36 Å². The Labute approximate surface area is 292 Å². The van der Waals surface area contributed by atoms with Gasteiger partial charge in [-0.25, -0.2) is 9.59 Å². The van der Waals surface area contributed by atoms with Crippen LogP contribution in [0.2, 0.25) is 5.02 Å². The predicted octanol–water partition coefficient (Wildman–Crippen LogP) is 6.01. The van der Waals surface area contributed by atoms with E-state index in [1.54, 1.807) is 38.1 Å². The summed E-state index contributed by atoms with van der Waals surface area (Å²) in [6.45, 7) is 3.13. The Morgan fingerprint density at radius 2 is 1.76 bits per heavy atom. The van der Waals surface area contributed by atoms with E-state index in [1.807, 2.05) is 24.3 Å². The zero-order valence-corrected chi connectivity index (χ0v) is 29.7. The molecule has 2 aromatic rings. The van der Waals surface area contributed by atoms with E-state index in [0.29, 0.717) is 22.8 Å². The average molecular weight is 724 g/mol. The first-order valence-corrected chi connectivity index (χ1v) is 18.8. The highest BCUT2D eigenvalue weighted by Crippen LogP contribution is 2.53. The highest BCUT2D eigenvalue weighted by molar-refractivity contribution is 7.54. The molecule has 15 heteroatoms. The minimum absolute atomic E-state index is 0.0493. The molecule has 2 aliphatic rings. The van der Waals surface area contributed by atoms with Crippen LogP contribution < -0.4 is 15.4 Å². The summed E-state index contributed by atoms with van der Waals surface area (Å²) in [6.07, 6.45) is 3.65. The van der Waals surface area contributed by atoms with E-state index in [9.17, 15) is 24.1 Å². The number of ether oxygens (including phenoxy) is 3. The summed E-state index contributed by atoms with van der Waals surface area (Å²) >= 11 is 6.05. The molecule has 0 bridgehead atoms. The molecule has 1 heterocycles. The lowest BCUT2D eigenvalue weighted by atomic mass is 9.84. The number of carbonyl (C=O) groups excluding carboxylic acids is 3. The van der Waals surface area contributed by atoms with Crippen molar-refractivity contribution in [2.24, 2.45) is 5.92 Å². The number of hydrogen-bond donors (Lipinski definition) is 3. The number of benzene rings is 2. The molecule has 0 radical (unpaired) electrons. The van der Waals surface area contributed by atoms with Gasteiger partial charge < -0.3 is 43.9 Å². The maximum absolute atomic E-state index is 13.9. The minimum atomic E-state index is -4.21. The fraction of sp³-hybridized carbons (Fsp3) is 0.559. The fourth-order valence-corrected chi connectivity index (χ4v) is 7.85. The quantitative estimate of drug-likeness (QED) is 0.186. The molecule has 1 saturated carbocycles. The van der Waals surface area contributed by atoms with Crippen LogP contribution >= 0.6 is 19.2 Å². The number of rotatable bonds is 15. The zero-order chi connectivity index (χ0) is 35.2. The number of para-hydroxylation sites is 1. The van der Waals surface area contributed by atoms with Crippen LogP contribution in [0.15, 0.2) is 48.5 Å². The van der Waals surface area contributed by atoms with E-state index < -0.39 is 50.2 Å². The molecule has 0 saturated heterocycles. The summed E-state index contributed by atoms with van der Waals surface area (Å²) in [5.74, 6) is -1.76. The number of nitrogens with one attached hydrogen (secondary N) is 2. The van der Waals surface area contributed by atoms with Crippen molar-refractivity contribution in [1.29, 1.82) is 0 Å². The monoisotopic (exact) mass is 723 g/mol. The van der Waals surface area contributed by atoms with E-state index in [2.05, 4.69) is 10.6 Å². The Kier molecular flexibility index (Phi) is 15.0. The second-order valence-corrected chi connectivity index (χ2v) is 14.6. The average Bonchev–Trinajstić information content (AvgIpc) is 3.32. The highest BCUT2D eigenvalue weighted by atomic mass is 35.5. The maximum Gasteiger partial charge on any atom is 0.410 e. The van der Waals surface area contributed by atoms with Gasteiger partial charge in [-0.1, -0.05) is 74.0 Å². The summed E-state index contributed by atoms with van der Waals surface area (Å²) in [5, 5.41) is 17.2. The molecule has 4 rings (SSSR count). The number of fused-ring (bicyclic) bond motifs is 1. The van der Waals surface area contributed by atoms with Crippen molar-refractivity contribution in [2.45, 2.75) is 83.5 Å². The first-order chi connectivity index (χ1) is 23.6. The lowest BCUT2D eigenvalue weighted by molar-refractivity contribution is -0.125. The molecule has 1 unspecified atom stereocenters. The summed E-state index contributed by atoms with van der Waals surface area (Å²) < 4.78 is 41.1. The molecule has 1 fully saturated rings. The second kappa shape index (κ2) is 19.2. The van der Waals surface area contributed by atoms with Crippen LogP contribution in [0, 0.1) is 5.92 Å². The van der Waals surface area contributed by atoms with Crippen LogP contribution in [0.1, 0.15) is 63.5 Å². The van der Waals surface area contributed by atoms with Gasteiger partial charge in [0.25, 0.3) is 0 Å². The molecule has 3 amide bonds. The number of amides is 3. The zero-order valence-electron chi connectivity index (χ0n) is 28.0. The van der Waals surface area contributed by atoms with Crippen LogP contribution in [0.25, 0.3) is 0 Å². The summed E-state index contributed by atoms with van der Waals surface area (Å²) in [4.78, 5) is 41.6. The van der Waals surface area contributed by atoms with Crippen LogP contribution in [0.4, 0.5) is 9.59 Å². The van der Waals surface area contributed by atoms with Gasteiger partial charge in [-0.15, -0.1) is 0 Å². The van der Waals surface area contributed by atoms with Gasteiger partial charge >= 0.3 is 19.8 Å². The molecule has 13 nitrogen and oxygen atoms in total. The first kappa shape index (κ1) is 38.5. The van der Waals surface area contributed by atoms with Crippen molar-refractivity contribution in [3.05, 3.63) is 64.7 Å². The number of aliphatic hydroxyl groups excluding tert-OH is 1. The van der Waals surface area contributed by atoms with E-state index in [4.69, 9.17) is 34.9 Å². The van der Waals surface area contributed by atoms with Gasteiger partial charge in [0, 0.05) is 10.6 Å². The molecule has 3 N–H and O–H groups in total. The summed E-state index contributed by atoms with van der Waals surface area (Å²) in [7, 11) is -4.21. The van der Waals surface area contributed by atoms with Crippen LogP contribution in [0.3, 0.4) is 0 Å². The van der Waals surface area contributed by atoms with Gasteiger partial charge in [-0.05, 0) is 49.9 Å². The number of alkyl carbamates (subject to hydrolysis) is 1. The number of carbonyl (C=O) groups is 3. The highest BCUT2D eigenvalue weighted by Gasteiger charge is 2.42. The number of nitrogens with zero attached hydrogens (tertiary/aromatic N) is 1. The molecule has 49 heavy (non-hydrogen) atoms. The molecule has 1 aliphatic carbocycles. The third-order valence-corrected chi connectivity index (χ3v) is 10.9. The minimum Gasteiger partial charge on any atom is -0.491 e. The maximum atomic E-state index is 13.9. The van der Waals surface area contributed by atoms with Crippen molar-refractivity contribution in [1.82, 2.24) is 15.5 Å². The molecule has 0 spiro atoms. The number of aliphatic hydroxyl groups is 1.